The molecule has 3 rings (SSSR count). The van der Waals surface area contributed by atoms with Crippen LogP contribution in [-0.2, 0) is 22.6 Å². The molecule has 0 saturated carbocycles. The molecule has 1 fully saturated rings. The highest BCUT2D eigenvalue weighted by Crippen LogP contribution is 2.15. The van der Waals surface area contributed by atoms with Crippen LogP contribution >= 0.6 is 0 Å². The van der Waals surface area contributed by atoms with E-state index in [4.69, 9.17) is 14.2 Å². The lowest BCUT2D eigenvalue weighted by atomic mass is 10.1. The lowest BCUT2D eigenvalue weighted by Gasteiger charge is -2.22. The highest BCUT2D eigenvalue weighted by atomic mass is 19.1. The average Bonchev–Trinajstić information content (AvgIpc) is 2.79. The first-order valence-corrected chi connectivity index (χ1v) is 10.8. The first kappa shape index (κ1) is 23.0. The predicted molar refractivity (Wildman–Crippen MR) is 120 cm³/mol. The minimum Gasteiger partial charge on any atom is -0.489 e. The van der Waals surface area contributed by atoms with Crippen molar-refractivity contribution in [2.45, 2.75) is 45.1 Å². The SMILES string of the molecule is CN=C(NCc1cccc(COC2CCOCC2)c1)NCC(C)Oc1cccc(F)c1. The zero-order valence-corrected chi connectivity index (χ0v) is 18.3. The third-order valence-electron chi connectivity index (χ3n) is 5.02. The van der Waals surface area contributed by atoms with Gasteiger partial charge in [0.15, 0.2) is 5.96 Å². The number of hydrogen-bond donors (Lipinski definition) is 2. The largest absolute Gasteiger partial charge is 0.489 e. The van der Waals surface area contributed by atoms with Crippen LogP contribution < -0.4 is 15.4 Å². The van der Waals surface area contributed by atoms with Crippen LogP contribution in [0.3, 0.4) is 0 Å². The number of aliphatic imine (C=N–C) groups is 1. The third-order valence-corrected chi connectivity index (χ3v) is 5.02. The first-order valence-electron chi connectivity index (χ1n) is 10.8. The zero-order valence-electron chi connectivity index (χ0n) is 18.3. The Bertz CT molecular complexity index is 840. The van der Waals surface area contributed by atoms with E-state index in [0.717, 1.165) is 37.2 Å². The van der Waals surface area contributed by atoms with Crippen LogP contribution in [0.2, 0.25) is 0 Å². The maximum Gasteiger partial charge on any atom is 0.191 e. The van der Waals surface area contributed by atoms with Crippen molar-refractivity contribution in [3.63, 3.8) is 0 Å². The minimum atomic E-state index is -0.310. The molecule has 1 unspecified atom stereocenters. The quantitative estimate of drug-likeness (QED) is 0.471. The molecule has 0 aromatic heterocycles. The monoisotopic (exact) mass is 429 g/mol. The van der Waals surface area contributed by atoms with Gasteiger partial charge in [0.1, 0.15) is 17.7 Å². The molecule has 7 heteroatoms. The van der Waals surface area contributed by atoms with Crippen LogP contribution in [0.4, 0.5) is 4.39 Å². The Hall–Kier alpha value is -2.64. The Morgan fingerprint density at radius 3 is 2.68 bits per heavy atom. The summed E-state index contributed by atoms with van der Waals surface area (Å²) in [6.07, 6.45) is 2.07. The van der Waals surface area contributed by atoms with Gasteiger partial charge < -0.3 is 24.8 Å². The van der Waals surface area contributed by atoms with E-state index < -0.39 is 0 Å². The van der Waals surface area contributed by atoms with E-state index >= 15 is 0 Å². The standard InChI is InChI=1S/C24H32FN3O3/c1-18(31-23-8-4-7-21(25)14-23)15-27-24(26-2)28-16-19-5-3-6-20(13-19)17-30-22-9-11-29-12-10-22/h3-8,13-14,18,22H,9-12,15-17H2,1-2H3,(H2,26,27,28). The summed E-state index contributed by atoms with van der Waals surface area (Å²) >= 11 is 0. The van der Waals surface area contributed by atoms with Gasteiger partial charge in [-0.15, -0.1) is 0 Å². The highest BCUT2D eigenvalue weighted by Gasteiger charge is 2.14. The number of guanidine groups is 1. The smallest absolute Gasteiger partial charge is 0.191 e. The van der Waals surface area contributed by atoms with Crippen molar-refractivity contribution in [2.24, 2.45) is 4.99 Å². The number of nitrogens with one attached hydrogen (secondary N) is 2. The number of hydrogen-bond acceptors (Lipinski definition) is 4. The summed E-state index contributed by atoms with van der Waals surface area (Å²) in [4.78, 5) is 4.26. The first-order chi connectivity index (χ1) is 15.1. The fourth-order valence-electron chi connectivity index (χ4n) is 3.35. The lowest BCUT2D eigenvalue weighted by molar-refractivity contribution is -0.0390. The maximum atomic E-state index is 13.3. The van der Waals surface area contributed by atoms with E-state index in [1.807, 2.05) is 13.0 Å². The molecule has 6 nitrogen and oxygen atoms in total. The Labute approximate surface area is 183 Å². The van der Waals surface area contributed by atoms with Crippen molar-refractivity contribution in [2.75, 3.05) is 26.8 Å². The molecule has 0 radical (unpaired) electrons. The lowest BCUT2D eigenvalue weighted by Crippen LogP contribution is -2.41. The highest BCUT2D eigenvalue weighted by molar-refractivity contribution is 5.79. The maximum absolute atomic E-state index is 13.3. The molecule has 2 N–H and O–H groups in total. The van der Waals surface area contributed by atoms with Gasteiger partial charge in [0.05, 0.1) is 19.3 Å². The molecule has 1 atom stereocenters. The van der Waals surface area contributed by atoms with E-state index in [-0.39, 0.29) is 18.0 Å². The molecular formula is C24H32FN3O3. The molecule has 1 aliphatic heterocycles. The van der Waals surface area contributed by atoms with Gasteiger partial charge in [0.25, 0.3) is 0 Å². The van der Waals surface area contributed by atoms with Crippen molar-refractivity contribution in [3.05, 3.63) is 65.5 Å². The second kappa shape index (κ2) is 12.3. The number of benzene rings is 2. The van der Waals surface area contributed by atoms with Gasteiger partial charge >= 0.3 is 0 Å². The molecule has 1 saturated heterocycles. The van der Waals surface area contributed by atoms with Gasteiger partial charge in [0.2, 0.25) is 0 Å². The Morgan fingerprint density at radius 2 is 1.90 bits per heavy atom. The Kier molecular flexibility index (Phi) is 9.12. The van der Waals surface area contributed by atoms with E-state index in [2.05, 4.69) is 33.8 Å². The van der Waals surface area contributed by atoms with Crippen molar-refractivity contribution in [1.29, 1.82) is 0 Å². The number of halogens is 1. The van der Waals surface area contributed by atoms with Gasteiger partial charge in [-0.05, 0) is 43.0 Å². The molecule has 2 aromatic rings. The summed E-state index contributed by atoms with van der Waals surface area (Å²) in [6.45, 7) is 5.28. The van der Waals surface area contributed by atoms with E-state index in [0.29, 0.717) is 31.4 Å². The second-order valence-corrected chi connectivity index (χ2v) is 7.64. The average molecular weight is 430 g/mol. The van der Waals surface area contributed by atoms with Gasteiger partial charge in [-0.25, -0.2) is 4.39 Å². The van der Waals surface area contributed by atoms with Crippen molar-refractivity contribution in [1.82, 2.24) is 10.6 Å². The third kappa shape index (κ3) is 8.19. The van der Waals surface area contributed by atoms with E-state index in [9.17, 15) is 4.39 Å². The van der Waals surface area contributed by atoms with Gasteiger partial charge in [-0.3, -0.25) is 4.99 Å². The minimum absolute atomic E-state index is 0.147. The molecule has 2 aromatic carbocycles. The number of ether oxygens (including phenoxy) is 3. The van der Waals surface area contributed by atoms with Crippen molar-refractivity contribution in [3.8, 4) is 5.75 Å². The fourth-order valence-corrected chi connectivity index (χ4v) is 3.35. The normalized spacial score (nSPS) is 16.0. The molecule has 1 heterocycles. The van der Waals surface area contributed by atoms with Gasteiger partial charge in [-0.1, -0.05) is 30.3 Å². The number of nitrogens with zero attached hydrogens (tertiary/aromatic N) is 1. The van der Waals surface area contributed by atoms with Gasteiger partial charge in [-0.2, -0.15) is 0 Å². The van der Waals surface area contributed by atoms with Crippen LogP contribution in [0.1, 0.15) is 30.9 Å². The molecule has 31 heavy (non-hydrogen) atoms. The zero-order chi connectivity index (χ0) is 21.9. The van der Waals surface area contributed by atoms with Crippen LogP contribution in [0.5, 0.6) is 5.75 Å². The summed E-state index contributed by atoms with van der Waals surface area (Å²) in [7, 11) is 1.73. The van der Waals surface area contributed by atoms with Crippen LogP contribution in [-0.4, -0.2) is 45.0 Å². The summed E-state index contributed by atoms with van der Waals surface area (Å²) in [6, 6.07) is 14.5. The van der Waals surface area contributed by atoms with Crippen molar-refractivity contribution >= 4 is 5.96 Å². The molecule has 0 aliphatic carbocycles. The Balaban J connectivity index is 1.41. The summed E-state index contributed by atoms with van der Waals surface area (Å²) in [5, 5.41) is 6.55. The fraction of sp³-hybridized carbons (Fsp3) is 0.458. The van der Waals surface area contributed by atoms with Crippen LogP contribution in [0.15, 0.2) is 53.5 Å². The summed E-state index contributed by atoms with van der Waals surface area (Å²) in [5.41, 5.74) is 2.31. The molecule has 168 valence electrons. The molecular weight excluding hydrogens is 397 g/mol. The van der Waals surface area contributed by atoms with Crippen LogP contribution in [0.25, 0.3) is 0 Å². The second-order valence-electron chi connectivity index (χ2n) is 7.64. The summed E-state index contributed by atoms with van der Waals surface area (Å²) in [5.74, 6) is 0.881. The van der Waals surface area contributed by atoms with E-state index in [1.54, 1.807) is 19.2 Å². The van der Waals surface area contributed by atoms with E-state index in [1.165, 1.54) is 12.1 Å². The molecule has 0 bridgehead atoms. The summed E-state index contributed by atoms with van der Waals surface area (Å²) < 4.78 is 30.4. The molecule has 0 amide bonds. The Morgan fingerprint density at radius 1 is 1.13 bits per heavy atom. The van der Waals surface area contributed by atoms with Crippen molar-refractivity contribution < 1.29 is 18.6 Å². The topological polar surface area (TPSA) is 64.1 Å². The molecule has 0 spiro atoms. The number of rotatable bonds is 9. The van der Waals surface area contributed by atoms with Gasteiger partial charge in [0, 0.05) is 32.9 Å². The van der Waals surface area contributed by atoms with Crippen LogP contribution in [0, 0.1) is 5.82 Å². The predicted octanol–water partition coefficient (Wildman–Crippen LogP) is 3.65. The molecule has 1 aliphatic rings.